The standard InChI is InChI=1S/C12H15NO4S/c1-3-17-12(14)11-8-13(11)18(15,16)10-6-4-9(2)5-7-10/h4-7,11H,3,8H2,1-2H3. The van der Waals surface area contributed by atoms with Crippen LogP contribution in [-0.4, -0.2) is 37.9 Å². The molecule has 1 saturated heterocycles. The van der Waals surface area contributed by atoms with E-state index in [2.05, 4.69) is 0 Å². The second-order valence-electron chi connectivity index (χ2n) is 4.16. The van der Waals surface area contributed by atoms with Gasteiger partial charge in [-0.15, -0.1) is 0 Å². The van der Waals surface area contributed by atoms with Crippen molar-refractivity contribution in [3.05, 3.63) is 29.8 Å². The molecule has 0 N–H and O–H groups in total. The Bertz CT molecular complexity index is 550. The Labute approximate surface area is 106 Å². The largest absolute Gasteiger partial charge is 0.465 e. The summed E-state index contributed by atoms with van der Waals surface area (Å²) in [4.78, 5) is 11.6. The molecule has 0 spiro atoms. The van der Waals surface area contributed by atoms with Gasteiger partial charge in [-0.3, -0.25) is 4.79 Å². The van der Waals surface area contributed by atoms with Crippen LogP contribution in [0.25, 0.3) is 0 Å². The fourth-order valence-electron chi connectivity index (χ4n) is 1.67. The monoisotopic (exact) mass is 269 g/mol. The van der Waals surface area contributed by atoms with Gasteiger partial charge in [0.15, 0.2) is 0 Å². The summed E-state index contributed by atoms with van der Waals surface area (Å²) in [5, 5.41) is 0. The zero-order chi connectivity index (χ0) is 13.3. The Morgan fingerprint density at radius 2 is 2.00 bits per heavy atom. The van der Waals surface area contributed by atoms with Gasteiger partial charge in [-0.2, -0.15) is 4.31 Å². The molecule has 1 aliphatic rings. The molecular formula is C12H15NO4S. The molecule has 5 nitrogen and oxygen atoms in total. The molecule has 1 aromatic rings. The van der Waals surface area contributed by atoms with Gasteiger partial charge in [-0.1, -0.05) is 17.7 Å². The zero-order valence-corrected chi connectivity index (χ0v) is 11.1. The van der Waals surface area contributed by atoms with Crippen LogP contribution in [0.1, 0.15) is 12.5 Å². The van der Waals surface area contributed by atoms with E-state index in [4.69, 9.17) is 4.74 Å². The van der Waals surface area contributed by atoms with Gasteiger partial charge in [0.1, 0.15) is 6.04 Å². The van der Waals surface area contributed by atoms with Crippen LogP contribution in [0.5, 0.6) is 0 Å². The van der Waals surface area contributed by atoms with Crippen molar-refractivity contribution in [1.82, 2.24) is 4.31 Å². The highest BCUT2D eigenvalue weighted by atomic mass is 32.2. The zero-order valence-electron chi connectivity index (χ0n) is 10.3. The molecule has 1 heterocycles. The number of hydrogen-bond acceptors (Lipinski definition) is 4. The second kappa shape index (κ2) is 4.70. The minimum atomic E-state index is -3.56. The SMILES string of the molecule is CCOC(=O)C1CN1S(=O)(=O)c1ccc(C)cc1. The Balaban J connectivity index is 2.15. The maximum Gasteiger partial charge on any atom is 0.325 e. The van der Waals surface area contributed by atoms with Gasteiger partial charge < -0.3 is 4.74 Å². The molecule has 98 valence electrons. The van der Waals surface area contributed by atoms with E-state index >= 15 is 0 Å². The van der Waals surface area contributed by atoms with Crippen molar-refractivity contribution in [2.75, 3.05) is 13.2 Å². The lowest BCUT2D eigenvalue weighted by atomic mass is 10.2. The summed E-state index contributed by atoms with van der Waals surface area (Å²) >= 11 is 0. The lowest BCUT2D eigenvalue weighted by Gasteiger charge is -2.06. The lowest BCUT2D eigenvalue weighted by molar-refractivity contribution is -0.142. The van der Waals surface area contributed by atoms with Crippen molar-refractivity contribution in [2.45, 2.75) is 24.8 Å². The first-order valence-corrected chi connectivity index (χ1v) is 7.16. The van der Waals surface area contributed by atoms with Gasteiger partial charge in [-0.25, -0.2) is 8.42 Å². The first kappa shape index (κ1) is 13.0. The molecule has 2 rings (SSSR count). The first-order chi connectivity index (χ1) is 8.46. The number of aryl methyl sites for hydroxylation is 1. The molecule has 1 fully saturated rings. The molecule has 2 atom stereocenters. The quantitative estimate of drug-likeness (QED) is 0.602. The van der Waals surface area contributed by atoms with Crippen LogP contribution in [0.4, 0.5) is 0 Å². The molecule has 1 aromatic carbocycles. The van der Waals surface area contributed by atoms with E-state index in [0.717, 1.165) is 9.87 Å². The molecule has 6 heteroatoms. The third-order valence-electron chi connectivity index (χ3n) is 2.75. The summed E-state index contributed by atoms with van der Waals surface area (Å²) in [6.07, 6.45) is 0. The molecule has 0 bridgehead atoms. The van der Waals surface area contributed by atoms with Crippen LogP contribution in [0, 0.1) is 6.92 Å². The Kier molecular flexibility index (Phi) is 3.41. The van der Waals surface area contributed by atoms with E-state index < -0.39 is 22.0 Å². The summed E-state index contributed by atoms with van der Waals surface area (Å²) in [5.74, 6) is -0.479. The van der Waals surface area contributed by atoms with Gasteiger partial charge in [0.2, 0.25) is 10.0 Å². The van der Waals surface area contributed by atoms with Gasteiger partial charge in [0.25, 0.3) is 0 Å². The number of carbonyl (C=O) groups excluding carboxylic acids is 1. The van der Waals surface area contributed by atoms with E-state index in [1.165, 1.54) is 0 Å². The number of carbonyl (C=O) groups is 1. The fraction of sp³-hybridized carbons (Fsp3) is 0.417. The van der Waals surface area contributed by atoms with Gasteiger partial charge in [0, 0.05) is 6.54 Å². The highest BCUT2D eigenvalue weighted by Gasteiger charge is 2.50. The highest BCUT2D eigenvalue weighted by molar-refractivity contribution is 7.89. The van der Waals surface area contributed by atoms with Crippen LogP contribution < -0.4 is 0 Å². The fourth-order valence-corrected chi connectivity index (χ4v) is 3.17. The number of rotatable bonds is 4. The van der Waals surface area contributed by atoms with Crippen LogP contribution in [-0.2, 0) is 19.6 Å². The average Bonchev–Trinajstić information content (AvgIpc) is 3.10. The number of esters is 1. The average molecular weight is 269 g/mol. The molecule has 1 aliphatic heterocycles. The summed E-state index contributed by atoms with van der Waals surface area (Å²) in [6.45, 7) is 4.04. The Hall–Kier alpha value is -1.40. The summed E-state index contributed by atoms with van der Waals surface area (Å²) < 4.78 is 30.2. The number of ether oxygens (including phenoxy) is 1. The maximum absolute atomic E-state index is 12.1. The molecule has 0 amide bonds. The van der Waals surface area contributed by atoms with E-state index in [9.17, 15) is 13.2 Å². The molecule has 0 radical (unpaired) electrons. The van der Waals surface area contributed by atoms with E-state index in [1.807, 2.05) is 6.92 Å². The molecular weight excluding hydrogens is 254 g/mol. The van der Waals surface area contributed by atoms with Crippen molar-refractivity contribution in [3.63, 3.8) is 0 Å². The van der Waals surface area contributed by atoms with Crippen molar-refractivity contribution in [1.29, 1.82) is 0 Å². The third kappa shape index (κ3) is 2.39. The van der Waals surface area contributed by atoms with E-state index in [1.54, 1.807) is 31.2 Å². The Morgan fingerprint density at radius 3 is 2.56 bits per heavy atom. The van der Waals surface area contributed by atoms with Crippen LogP contribution >= 0.6 is 0 Å². The summed E-state index contributed by atoms with van der Waals surface area (Å²) in [6, 6.07) is 5.90. The number of benzene rings is 1. The predicted molar refractivity (Wildman–Crippen MR) is 65.5 cm³/mol. The number of nitrogens with zero attached hydrogens (tertiary/aromatic N) is 1. The maximum atomic E-state index is 12.1. The van der Waals surface area contributed by atoms with Gasteiger partial charge in [0.05, 0.1) is 11.5 Å². The molecule has 0 aromatic heterocycles. The van der Waals surface area contributed by atoms with Crippen molar-refractivity contribution < 1.29 is 17.9 Å². The molecule has 0 saturated carbocycles. The molecule has 18 heavy (non-hydrogen) atoms. The summed E-state index contributed by atoms with van der Waals surface area (Å²) in [7, 11) is -3.56. The minimum absolute atomic E-state index is 0.203. The third-order valence-corrected chi connectivity index (χ3v) is 4.64. The number of hydrogen-bond donors (Lipinski definition) is 0. The molecule has 2 unspecified atom stereocenters. The van der Waals surface area contributed by atoms with Crippen LogP contribution in [0.3, 0.4) is 0 Å². The minimum Gasteiger partial charge on any atom is -0.465 e. The van der Waals surface area contributed by atoms with E-state index in [0.29, 0.717) is 0 Å². The van der Waals surface area contributed by atoms with Crippen LogP contribution in [0.2, 0.25) is 0 Å². The molecule has 0 aliphatic carbocycles. The first-order valence-electron chi connectivity index (χ1n) is 5.72. The van der Waals surface area contributed by atoms with Crippen molar-refractivity contribution in [2.24, 2.45) is 0 Å². The topological polar surface area (TPSA) is 63.5 Å². The lowest BCUT2D eigenvalue weighted by Crippen LogP contribution is -2.21. The van der Waals surface area contributed by atoms with Gasteiger partial charge >= 0.3 is 5.97 Å². The van der Waals surface area contributed by atoms with Gasteiger partial charge in [-0.05, 0) is 26.0 Å². The van der Waals surface area contributed by atoms with Crippen molar-refractivity contribution >= 4 is 16.0 Å². The van der Waals surface area contributed by atoms with Crippen molar-refractivity contribution in [3.8, 4) is 0 Å². The van der Waals surface area contributed by atoms with E-state index in [-0.39, 0.29) is 18.0 Å². The summed E-state index contributed by atoms with van der Waals surface area (Å²) in [5.41, 5.74) is 0.988. The Morgan fingerprint density at radius 1 is 1.39 bits per heavy atom. The second-order valence-corrected chi connectivity index (χ2v) is 6.05. The normalized spacial score (nSPS) is 22.6. The smallest absolute Gasteiger partial charge is 0.325 e. The predicted octanol–water partition coefficient (Wildman–Crippen LogP) is 0.931. The highest BCUT2D eigenvalue weighted by Crippen LogP contribution is 2.29. The number of sulfonamides is 1. The van der Waals surface area contributed by atoms with Crippen LogP contribution in [0.15, 0.2) is 29.2 Å².